The highest BCUT2D eigenvalue weighted by atomic mass is 32.1. The van der Waals surface area contributed by atoms with Crippen molar-refractivity contribution in [1.29, 1.82) is 0 Å². The molecule has 1 aliphatic rings. The van der Waals surface area contributed by atoms with Crippen molar-refractivity contribution in [3.05, 3.63) is 22.6 Å². The molecule has 0 radical (unpaired) electrons. The number of pyridine rings is 1. The van der Waals surface area contributed by atoms with Gasteiger partial charge in [-0.15, -0.1) is 11.3 Å². The normalized spacial score (nSPS) is 21.6. The first-order chi connectivity index (χ1) is 11.7. The number of fused-ring (bicyclic) bond motifs is 1. The van der Waals surface area contributed by atoms with Crippen molar-refractivity contribution in [3.63, 3.8) is 0 Å². The van der Waals surface area contributed by atoms with Crippen molar-refractivity contribution in [2.75, 3.05) is 25.1 Å². The number of aromatic nitrogens is 1. The minimum absolute atomic E-state index is 0.0660. The van der Waals surface area contributed by atoms with E-state index in [4.69, 9.17) is 0 Å². The molecule has 2 aromatic rings. The monoisotopic (exact) mass is 378 g/mol. The van der Waals surface area contributed by atoms with Gasteiger partial charge in [0.2, 0.25) is 0 Å². The van der Waals surface area contributed by atoms with Crippen LogP contribution in [0.25, 0.3) is 10.2 Å². The second kappa shape index (κ2) is 6.41. The molecule has 3 rings (SSSR count). The topological polar surface area (TPSA) is 62.7 Å². The van der Waals surface area contributed by atoms with E-state index in [1.165, 1.54) is 10.3 Å². The molecule has 2 atom stereocenters. The Morgan fingerprint density at radius 3 is 2.80 bits per heavy atom. The fourth-order valence-corrected chi connectivity index (χ4v) is 3.74. The molecule has 1 saturated heterocycles. The molecular formula is C15H14F4N2O3S. The standard InChI is InChI=1S/C15H14F4N2O3S/c1-24-14(23)7-6-25-13-8(15(17,18)19)4-11(20-12(7)13)21-3-2-10(22)9(16)5-21/h4,6,9-10,22H,2-3,5H2,1H3/t9-,10-/m1/s1. The molecule has 25 heavy (non-hydrogen) atoms. The summed E-state index contributed by atoms with van der Waals surface area (Å²) in [5.41, 5.74) is -1.12. The number of hydrogen-bond donors (Lipinski definition) is 1. The summed E-state index contributed by atoms with van der Waals surface area (Å²) in [5, 5.41) is 10.7. The lowest BCUT2D eigenvalue weighted by molar-refractivity contribution is -0.136. The average Bonchev–Trinajstić information content (AvgIpc) is 2.98. The number of nitrogens with zero attached hydrogens (tertiary/aromatic N) is 2. The zero-order chi connectivity index (χ0) is 18.4. The second-order valence-corrected chi connectivity index (χ2v) is 6.54. The van der Waals surface area contributed by atoms with Gasteiger partial charge in [-0.05, 0) is 12.5 Å². The van der Waals surface area contributed by atoms with Crippen LogP contribution in [0.15, 0.2) is 11.4 Å². The van der Waals surface area contributed by atoms with Gasteiger partial charge in [-0.25, -0.2) is 14.2 Å². The highest BCUT2D eigenvalue weighted by Gasteiger charge is 2.37. The van der Waals surface area contributed by atoms with E-state index in [0.29, 0.717) is 0 Å². The molecule has 1 N–H and O–H groups in total. The Kier molecular flexibility index (Phi) is 4.58. The third-order valence-electron chi connectivity index (χ3n) is 4.05. The molecular weight excluding hydrogens is 364 g/mol. The van der Waals surface area contributed by atoms with Crippen molar-refractivity contribution < 1.29 is 32.2 Å². The summed E-state index contributed by atoms with van der Waals surface area (Å²) in [5.74, 6) is -0.876. The summed E-state index contributed by atoms with van der Waals surface area (Å²) in [7, 11) is 1.13. The Morgan fingerprint density at radius 1 is 1.48 bits per heavy atom. The van der Waals surface area contributed by atoms with Crippen molar-refractivity contribution >= 4 is 33.3 Å². The van der Waals surface area contributed by atoms with Crippen LogP contribution in [0.3, 0.4) is 0 Å². The molecule has 136 valence electrons. The molecule has 0 amide bonds. The molecule has 1 fully saturated rings. The molecule has 0 spiro atoms. The van der Waals surface area contributed by atoms with Gasteiger partial charge in [0, 0.05) is 11.9 Å². The van der Waals surface area contributed by atoms with E-state index < -0.39 is 30.0 Å². The molecule has 0 aromatic carbocycles. The van der Waals surface area contributed by atoms with Crippen molar-refractivity contribution in [3.8, 4) is 0 Å². The summed E-state index contributed by atoms with van der Waals surface area (Å²) < 4.78 is 58.4. The smallest absolute Gasteiger partial charge is 0.417 e. The number of aliphatic hydroxyl groups excluding tert-OH is 1. The van der Waals surface area contributed by atoms with Crippen LogP contribution in [-0.2, 0) is 10.9 Å². The number of esters is 1. The first kappa shape index (κ1) is 17.9. The molecule has 10 heteroatoms. The number of carbonyl (C=O) groups is 1. The Balaban J connectivity index is 2.14. The van der Waals surface area contributed by atoms with E-state index in [9.17, 15) is 27.5 Å². The predicted molar refractivity (Wildman–Crippen MR) is 83.7 cm³/mol. The van der Waals surface area contributed by atoms with Crippen LogP contribution in [0.2, 0.25) is 0 Å². The van der Waals surface area contributed by atoms with Gasteiger partial charge in [0.15, 0.2) is 0 Å². The number of carbonyl (C=O) groups excluding carboxylic acids is 1. The lowest BCUT2D eigenvalue weighted by Crippen LogP contribution is -2.45. The minimum Gasteiger partial charge on any atom is -0.465 e. The largest absolute Gasteiger partial charge is 0.465 e. The predicted octanol–water partition coefficient (Wildman–Crippen LogP) is 3.01. The van der Waals surface area contributed by atoms with Gasteiger partial charge in [-0.1, -0.05) is 0 Å². The fraction of sp³-hybridized carbons (Fsp3) is 0.467. The van der Waals surface area contributed by atoms with Gasteiger partial charge in [0.1, 0.15) is 12.0 Å². The summed E-state index contributed by atoms with van der Waals surface area (Å²) >= 11 is 0.752. The zero-order valence-corrected chi connectivity index (χ0v) is 13.8. The van der Waals surface area contributed by atoms with Crippen LogP contribution < -0.4 is 4.90 Å². The Bertz CT molecular complexity index is 808. The SMILES string of the molecule is COC(=O)c1csc2c(C(F)(F)F)cc(N3CC[C@@H](O)[C@H](F)C3)nc12. The summed E-state index contributed by atoms with van der Waals surface area (Å²) in [6, 6.07) is 0.852. The number of hydrogen-bond acceptors (Lipinski definition) is 6. The third-order valence-corrected chi connectivity index (χ3v) is 5.05. The van der Waals surface area contributed by atoms with Gasteiger partial charge in [-0.2, -0.15) is 13.2 Å². The third kappa shape index (κ3) is 3.28. The summed E-state index contributed by atoms with van der Waals surface area (Å²) in [6.45, 7) is -0.107. The van der Waals surface area contributed by atoms with Crippen molar-refractivity contribution in [2.45, 2.75) is 24.9 Å². The Morgan fingerprint density at radius 2 is 2.20 bits per heavy atom. The molecule has 5 nitrogen and oxygen atoms in total. The van der Waals surface area contributed by atoms with Gasteiger partial charge in [0.25, 0.3) is 0 Å². The van der Waals surface area contributed by atoms with Gasteiger partial charge in [-0.3, -0.25) is 0 Å². The lowest BCUT2D eigenvalue weighted by atomic mass is 10.1. The van der Waals surface area contributed by atoms with Crippen LogP contribution >= 0.6 is 11.3 Å². The first-order valence-electron chi connectivity index (χ1n) is 7.37. The van der Waals surface area contributed by atoms with E-state index in [-0.39, 0.29) is 41.1 Å². The van der Waals surface area contributed by atoms with E-state index in [2.05, 4.69) is 9.72 Å². The van der Waals surface area contributed by atoms with Crippen molar-refractivity contribution in [1.82, 2.24) is 4.98 Å². The zero-order valence-electron chi connectivity index (χ0n) is 13.0. The highest BCUT2D eigenvalue weighted by Crippen LogP contribution is 2.40. The van der Waals surface area contributed by atoms with Crippen LogP contribution in [0, 0.1) is 0 Å². The number of alkyl halides is 4. The number of ether oxygens (including phenoxy) is 1. The van der Waals surface area contributed by atoms with Crippen LogP contribution in [0.1, 0.15) is 22.3 Å². The molecule has 0 bridgehead atoms. The molecule has 2 aromatic heterocycles. The average molecular weight is 378 g/mol. The van der Waals surface area contributed by atoms with E-state index in [1.807, 2.05) is 0 Å². The Hall–Kier alpha value is -1.94. The minimum atomic E-state index is -4.65. The maximum absolute atomic E-state index is 13.7. The first-order valence-corrected chi connectivity index (χ1v) is 8.25. The van der Waals surface area contributed by atoms with Gasteiger partial charge in [0.05, 0.1) is 41.1 Å². The van der Waals surface area contributed by atoms with Crippen LogP contribution in [0.5, 0.6) is 0 Å². The second-order valence-electron chi connectivity index (χ2n) is 5.66. The van der Waals surface area contributed by atoms with Crippen molar-refractivity contribution in [2.24, 2.45) is 0 Å². The van der Waals surface area contributed by atoms with Crippen LogP contribution in [-0.4, -0.2) is 48.5 Å². The maximum atomic E-state index is 13.7. The number of halogens is 4. The lowest BCUT2D eigenvalue weighted by Gasteiger charge is -2.33. The number of rotatable bonds is 2. The highest BCUT2D eigenvalue weighted by molar-refractivity contribution is 7.17. The fourth-order valence-electron chi connectivity index (χ4n) is 2.72. The molecule has 0 saturated carbocycles. The Labute approximate surface area is 143 Å². The summed E-state index contributed by atoms with van der Waals surface area (Å²) in [4.78, 5) is 17.3. The number of methoxy groups -OCH3 is 1. The van der Waals surface area contributed by atoms with Gasteiger partial charge < -0.3 is 14.7 Å². The number of aliphatic hydroxyl groups is 1. The molecule has 1 aliphatic heterocycles. The molecule has 3 heterocycles. The molecule has 0 unspecified atom stereocenters. The van der Waals surface area contributed by atoms with Crippen LogP contribution in [0.4, 0.5) is 23.4 Å². The van der Waals surface area contributed by atoms with E-state index >= 15 is 0 Å². The number of piperidine rings is 1. The van der Waals surface area contributed by atoms with E-state index in [0.717, 1.165) is 24.5 Å². The van der Waals surface area contributed by atoms with E-state index in [1.54, 1.807) is 0 Å². The summed E-state index contributed by atoms with van der Waals surface area (Å²) in [6.07, 6.45) is -7.30. The maximum Gasteiger partial charge on any atom is 0.417 e. The van der Waals surface area contributed by atoms with Gasteiger partial charge >= 0.3 is 12.1 Å². The quantitative estimate of drug-likeness (QED) is 0.643. The number of anilines is 1. The number of thiophene rings is 1. The molecule has 0 aliphatic carbocycles.